The number of aliphatic hydroxyl groups is 1. The van der Waals surface area contributed by atoms with Crippen LogP contribution < -0.4 is 10.6 Å². The van der Waals surface area contributed by atoms with Gasteiger partial charge in [0, 0.05) is 13.1 Å². The van der Waals surface area contributed by atoms with E-state index in [9.17, 15) is 19.5 Å². The zero-order valence-electron chi connectivity index (χ0n) is 20.6. The fraction of sp³-hybridized carbons (Fsp3) is 0.625. The van der Waals surface area contributed by atoms with Gasteiger partial charge in [-0.25, -0.2) is 4.79 Å². The second-order valence-electron chi connectivity index (χ2n) is 9.35. The zero-order chi connectivity index (χ0) is 24.6. The van der Waals surface area contributed by atoms with Crippen molar-refractivity contribution in [3.63, 3.8) is 0 Å². The first-order chi connectivity index (χ1) is 14.8. The second kappa shape index (κ2) is 11.9. The highest BCUT2D eigenvalue weighted by Gasteiger charge is 2.34. The van der Waals surface area contributed by atoms with Crippen LogP contribution >= 0.6 is 0 Å². The number of hydrogen-bond acceptors (Lipinski definition) is 5. The van der Waals surface area contributed by atoms with Gasteiger partial charge in [-0.1, -0.05) is 42.7 Å². The maximum absolute atomic E-state index is 13.2. The van der Waals surface area contributed by atoms with Crippen LogP contribution in [0.3, 0.4) is 0 Å². The number of likely N-dealkylation sites (N-methyl/N-ethyl adjacent to an activating group) is 1. The Bertz CT molecular complexity index is 783. The van der Waals surface area contributed by atoms with Gasteiger partial charge in [-0.15, -0.1) is 0 Å². The molecular weight excluding hydrogens is 410 g/mol. The molecule has 8 nitrogen and oxygen atoms in total. The van der Waals surface area contributed by atoms with Crippen molar-refractivity contribution >= 4 is 17.9 Å². The van der Waals surface area contributed by atoms with Crippen LogP contribution in [0.4, 0.5) is 4.79 Å². The number of nitrogens with one attached hydrogen (secondary N) is 2. The summed E-state index contributed by atoms with van der Waals surface area (Å²) in [4.78, 5) is 39.8. The van der Waals surface area contributed by atoms with Crippen molar-refractivity contribution in [1.82, 2.24) is 15.5 Å². The molecule has 3 amide bonds. The molecule has 3 atom stereocenters. The fourth-order valence-corrected chi connectivity index (χ4v) is 3.55. The summed E-state index contributed by atoms with van der Waals surface area (Å²) in [5.41, 5.74) is 1.83. The van der Waals surface area contributed by atoms with Gasteiger partial charge in [0.2, 0.25) is 11.8 Å². The molecule has 0 aliphatic carbocycles. The summed E-state index contributed by atoms with van der Waals surface area (Å²) in [7, 11) is 1.49. The number of benzene rings is 1. The standard InChI is InChI=1S/C24H39N3O5/c1-9-10-17(4)25-21(29)20(18-12-15(2)11-16(3)13-18)27(8)22(30)19(14-28)26-23(31)32-24(5,6)7/h11-13,17,19-20,28H,9-10,14H2,1-8H3,(H,25,29)(H,26,31). The van der Waals surface area contributed by atoms with Crippen LogP contribution in [-0.4, -0.2) is 59.3 Å². The number of amides is 3. The Labute approximate surface area is 191 Å². The van der Waals surface area contributed by atoms with Crippen molar-refractivity contribution in [2.75, 3.05) is 13.7 Å². The Kier molecular flexibility index (Phi) is 10.2. The number of carbonyl (C=O) groups excluding carboxylic acids is 3. The third-order valence-corrected chi connectivity index (χ3v) is 4.83. The zero-order valence-corrected chi connectivity index (χ0v) is 20.6. The molecular formula is C24H39N3O5. The van der Waals surface area contributed by atoms with Gasteiger partial charge in [-0.05, 0) is 53.5 Å². The van der Waals surface area contributed by atoms with Gasteiger partial charge in [0.25, 0.3) is 0 Å². The summed E-state index contributed by atoms with van der Waals surface area (Å²) < 4.78 is 5.19. The number of carbonyl (C=O) groups is 3. The summed E-state index contributed by atoms with van der Waals surface area (Å²) in [6.45, 7) is 12.3. The minimum atomic E-state index is -1.25. The lowest BCUT2D eigenvalue weighted by Gasteiger charge is -2.32. The number of nitrogens with zero attached hydrogens (tertiary/aromatic N) is 1. The number of alkyl carbamates (subject to hydrolysis) is 1. The molecule has 0 fully saturated rings. The molecule has 1 aromatic rings. The molecule has 1 rings (SSSR count). The monoisotopic (exact) mass is 449 g/mol. The van der Waals surface area contributed by atoms with Gasteiger partial charge < -0.3 is 25.4 Å². The van der Waals surface area contributed by atoms with Crippen molar-refractivity contribution in [1.29, 1.82) is 0 Å². The molecule has 0 aromatic heterocycles. The molecule has 0 saturated carbocycles. The molecule has 3 N–H and O–H groups in total. The highest BCUT2D eigenvalue weighted by molar-refractivity contribution is 5.92. The smallest absolute Gasteiger partial charge is 0.408 e. The summed E-state index contributed by atoms with van der Waals surface area (Å²) in [5, 5.41) is 15.1. The third kappa shape index (κ3) is 8.49. The lowest BCUT2D eigenvalue weighted by molar-refractivity contribution is -0.141. The molecule has 0 heterocycles. The van der Waals surface area contributed by atoms with Crippen molar-refractivity contribution < 1.29 is 24.2 Å². The van der Waals surface area contributed by atoms with Crippen LogP contribution in [0, 0.1) is 13.8 Å². The first-order valence-corrected chi connectivity index (χ1v) is 11.0. The summed E-state index contributed by atoms with van der Waals surface area (Å²) in [6, 6.07) is 3.49. The quantitative estimate of drug-likeness (QED) is 0.537. The van der Waals surface area contributed by atoms with Gasteiger partial charge in [-0.2, -0.15) is 0 Å². The van der Waals surface area contributed by atoms with E-state index in [1.807, 2.05) is 45.9 Å². The SMILES string of the molecule is CCCC(C)NC(=O)C(c1cc(C)cc(C)c1)N(C)C(=O)C(CO)NC(=O)OC(C)(C)C. The van der Waals surface area contributed by atoms with Gasteiger partial charge >= 0.3 is 6.09 Å². The number of aryl methyl sites for hydroxylation is 2. The molecule has 32 heavy (non-hydrogen) atoms. The van der Waals surface area contributed by atoms with Crippen molar-refractivity contribution in [3.05, 3.63) is 34.9 Å². The van der Waals surface area contributed by atoms with Crippen molar-refractivity contribution in [2.24, 2.45) is 0 Å². The Balaban J connectivity index is 3.22. The average Bonchev–Trinajstić information content (AvgIpc) is 2.63. The fourth-order valence-electron chi connectivity index (χ4n) is 3.55. The Morgan fingerprint density at radius 1 is 1.09 bits per heavy atom. The van der Waals surface area contributed by atoms with Crippen LogP contribution in [0.2, 0.25) is 0 Å². The van der Waals surface area contributed by atoms with E-state index in [-0.39, 0.29) is 11.9 Å². The Hall–Kier alpha value is -2.61. The lowest BCUT2D eigenvalue weighted by Crippen LogP contribution is -2.53. The molecule has 1 aromatic carbocycles. The molecule has 0 spiro atoms. The van der Waals surface area contributed by atoms with E-state index < -0.39 is 36.3 Å². The Morgan fingerprint density at radius 3 is 2.12 bits per heavy atom. The number of hydrogen-bond donors (Lipinski definition) is 3. The number of rotatable bonds is 9. The van der Waals surface area contributed by atoms with E-state index in [1.54, 1.807) is 20.8 Å². The molecule has 8 heteroatoms. The van der Waals surface area contributed by atoms with E-state index in [0.717, 1.165) is 24.0 Å². The van der Waals surface area contributed by atoms with Crippen LogP contribution in [0.25, 0.3) is 0 Å². The minimum Gasteiger partial charge on any atom is -0.444 e. The van der Waals surface area contributed by atoms with Crippen LogP contribution in [0.5, 0.6) is 0 Å². The van der Waals surface area contributed by atoms with Crippen LogP contribution in [-0.2, 0) is 14.3 Å². The topological polar surface area (TPSA) is 108 Å². The van der Waals surface area contributed by atoms with Crippen LogP contribution in [0.15, 0.2) is 18.2 Å². The van der Waals surface area contributed by atoms with Crippen LogP contribution in [0.1, 0.15) is 70.2 Å². The van der Waals surface area contributed by atoms with E-state index in [2.05, 4.69) is 10.6 Å². The summed E-state index contributed by atoms with van der Waals surface area (Å²) in [6.07, 6.45) is 0.904. The molecule has 180 valence electrons. The van der Waals surface area contributed by atoms with Gasteiger partial charge in [0.15, 0.2) is 0 Å². The predicted octanol–water partition coefficient (Wildman–Crippen LogP) is 2.99. The molecule has 0 saturated heterocycles. The van der Waals surface area contributed by atoms with Crippen molar-refractivity contribution in [3.8, 4) is 0 Å². The summed E-state index contributed by atoms with van der Waals surface area (Å²) in [5.74, 6) is -0.915. The molecule has 0 bridgehead atoms. The molecule has 0 aliphatic rings. The molecule has 3 unspecified atom stereocenters. The molecule has 0 radical (unpaired) electrons. The average molecular weight is 450 g/mol. The van der Waals surface area contributed by atoms with E-state index in [1.165, 1.54) is 11.9 Å². The van der Waals surface area contributed by atoms with Gasteiger partial charge in [-0.3, -0.25) is 9.59 Å². The first-order valence-electron chi connectivity index (χ1n) is 11.0. The van der Waals surface area contributed by atoms with E-state index in [4.69, 9.17) is 4.74 Å². The number of aliphatic hydroxyl groups excluding tert-OH is 1. The summed E-state index contributed by atoms with van der Waals surface area (Å²) >= 11 is 0. The van der Waals surface area contributed by atoms with E-state index >= 15 is 0 Å². The maximum atomic E-state index is 13.2. The van der Waals surface area contributed by atoms with Gasteiger partial charge in [0.1, 0.15) is 17.7 Å². The highest BCUT2D eigenvalue weighted by Crippen LogP contribution is 2.24. The number of ether oxygens (including phenoxy) is 1. The Morgan fingerprint density at radius 2 is 1.66 bits per heavy atom. The minimum absolute atomic E-state index is 0.0575. The lowest BCUT2D eigenvalue weighted by atomic mass is 9.98. The van der Waals surface area contributed by atoms with Crippen molar-refractivity contribution in [2.45, 2.75) is 85.0 Å². The first kappa shape index (κ1) is 27.4. The maximum Gasteiger partial charge on any atom is 0.408 e. The largest absolute Gasteiger partial charge is 0.444 e. The predicted molar refractivity (Wildman–Crippen MR) is 124 cm³/mol. The van der Waals surface area contributed by atoms with Gasteiger partial charge in [0.05, 0.1) is 6.61 Å². The van der Waals surface area contributed by atoms with E-state index in [0.29, 0.717) is 5.56 Å². The normalized spacial score (nSPS) is 14.2. The highest BCUT2D eigenvalue weighted by atomic mass is 16.6. The second-order valence-corrected chi connectivity index (χ2v) is 9.35. The third-order valence-electron chi connectivity index (χ3n) is 4.83. The molecule has 0 aliphatic heterocycles.